The third-order valence-electron chi connectivity index (χ3n) is 15.5. The first-order valence-corrected chi connectivity index (χ1v) is 26.9. The number of anilines is 3. The van der Waals surface area contributed by atoms with Crippen LogP contribution >= 0.6 is 0 Å². The standard InChI is InChI=1S/C75H57N/c1-6-18-53(19-7-1)63-46-64(54-20-8-2-9-21-54)49-67(48-63)58-34-41-70(42-35-58)76(71-43-36-59(37-44-71)68-50-65(55-22-10-3-11-23-55)47-66(51-68)56-24-12-4-13-25-56)69-39-32-57(33-40-69)62-31-30-61-38-45-72(60-26-14-5-15-27-60)73-28-16-17-29-74(73)75(61)52-62/h1-3,5-12,14-37,39-44,46-52,72H,4,13,38,45H2. The largest absolute Gasteiger partial charge is 0.311 e. The van der Waals surface area contributed by atoms with E-state index in [2.05, 4.69) is 296 Å². The van der Waals surface area contributed by atoms with Crippen LogP contribution in [0.4, 0.5) is 17.1 Å². The van der Waals surface area contributed by atoms with E-state index in [1.54, 1.807) is 0 Å². The molecule has 0 radical (unpaired) electrons. The van der Waals surface area contributed by atoms with Gasteiger partial charge in [-0.25, -0.2) is 0 Å². The van der Waals surface area contributed by atoms with Crippen molar-refractivity contribution < 1.29 is 0 Å². The van der Waals surface area contributed by atoms with Crippen molar-refractivity contribution in [2.24, 2.45) is 0 Å². The Morgan fingerprint density at radius 2 is 0.711 bits per heavy atom. The predicted molar refractivity (Wildman–Crippen MR) is 322 cm³/mol. The molecule has 1 unspecified atom stereocenters. The third-order valence-corrected chi connectivity index (χ3v) is 15.5. The van der Waals surface area contributed by atoms with Crippen molar-refractivity contribution >= 4 is 22.6 Å². The fourth-order valence-electron chi connectivity index (χ4n) is 11.6. The Morgan fingerprint density at radius 3 is 1.18 bits per heavy atom. The molecule has 0 saturated carbocycles. The van der Waals surface area contributed by atoms with Gasteiger partial charge in [0.05, 0.1) is 0 Å². The highest BCUT2D eigenvalue weighted by Crippen LogP contribution is 2.44. The van der Waals surface area contributed by atoms with E-state index in [0.717, 1.165) is 42.7 Å². The molecule has 362 valence electrons. The summed E-state index contributed by atoms with van der Waals surface area (Å²) in [7, 11) is 0. The summed E-state index contributed by atoms with van der Waals surface area (Å²) < 4.78 is 0. The summed E-state index contributed by atoms with van der Waals surface area (Å²) in [5.41, 5.74) is 27.1. The second kappa shape index (κ2) is 20.9. The molecule has 76 heavy (non-hydrogen) atoms. The Hall–Kier alpha value is -9.30. The molecular weight excluding hydrogens is 915 g/mol. The number of nitrogens with zero attached hydrogens (tertiary/aromatic N) is 1. The van der Waals surface area contributed by atoms with E-state index in [4.69, 9.17) is 0 Å². The highest BCUT2D eigenvalue weighted by Gasteiger charge is 2.24. The lowest BCUT2D eigenvalue weighted by atomic mass is 9.86. The summed E-state index contributed by atoms with van der Waals surface area (Å²) in [6, 6.07) is 101. The molecule has 11 aromatic rings. The van der Waals surface area contributed by atoms with Gasteiger partial charge in [0.1, 0.15) is 0 Å². The Morgan fingerprint density at radius 1 is 0.303 bits per heavy atom. The lowest BCUT2D eigenvalue weighted by Crippen LogP contribution is -2.09. The van der Waals surface area contributed by atoms with Crippen LogP contribution in [0, 0.1) is 0 Å². The molecule has 13 rings (SSSR count). The third kappa shape index (κ3) is 9.56. The summed E-state index contributed by atoms with van der Waals surface area (Å²) in [4.78, 5) is 2.40. The molecule has 1 atom stereocenters. The molecule has 0 aliphatic heterocycles. The normalized spacial score (nSPS) is 13.7. The maximum Gasteiger partial charge on any atom is 0.0462 e. The molecule has 0 aromatic heterocycles. The Bertz CT molecular complexity index is 3810. The van der Waals surface area contributed by atoms with Crippen LogP contribution in [0.5, 0.6) is 0 Å². The maximum atomic E-state index is 2.43. The van der Waals surface area contributed by atoms with Crippen LogP contribution in [0.1, 0.15) is 47.4 Å². The summed E-state index contributed by atoms with van der Waals surface area (Å²) in [6.07, 6.45) is 11.2. The van der Waals surface area contributed by atoms with Crippen LogP contribution in [-0.4, -0.2) is 0 Å². The molecule has 0 spiro atoms. The fraction of sp³-hybridized carbons (Fsp3) is 0.0667. The molecule has 0 heterocycles. The second-order valence-corrected chi connectivity index (χ2v) is 20.3. The number of rotatable bonds is 11. The topological polar surface area (TPSA) is 3.24 Å². The zero-order valence-corrected chi connectivity index (χ0v) is 42.6. The van der Waals surface area contributed by atoms with Crippen molar-refractivity contribution in [1.82, 2.24) is 0 Å². The van der Waals surface area contributed by atoms with E-state index < -0.39 is 0 Å². The van der Waals surface area contributed by atoms with Gasteiger partial charge in [-0.1, -0.05) is 212 Å². The molecule has 2 aliphatic carbocycles. The van der Waals surface area contributed by atoms with Crippen LogP contribution in [-0.2, 0) is 6.42 Å². The molecular formula is C75H57N. The van der Waals surface area contributed by atoms with Crippen molar-refractivity contribution in [3.63, 3.8) is 0 Å². The number of aryl methyl sites for hydroxylation is 1. The maximum absolute atomic E-state index is 2.43. The molecule has 0 amide bonds. The van der Waals surface area contributed by atoms with Crippen molar-refractivity contribution in [1.29, 1.82) is 0 Å². The monoisotopic (exact) mass is 971 g/mol. The fourth-order valence-corrected chi connectivity index (χ4v) is 11.6. The molecule has 0 N–H and O–H groups in total. The van der Waals surface area contributed by atoms with Crippen molar-refractivity contribution in [2.45, 2.75) is 31.6 Å². The van der Waals surface area contributed by atoms with Crippen LogP contribution < -0.4 is 4.90 Å². The Labute approximate surface area is 448 Å². The van der Waals surface area contributed by atoms with Gasteiger partial charge < -0.3 is 4.90 Å². The van der Waals surface area contributed by atoms with Gasteiger partial charge in [0.2, 0.25) is 0 Å². The van der Waals surface area contributed by atoms with Gasteiger partial charge in [0.25, 0.3) is 0 Å². The SMILES string of the molecule is C1=CC(c2cc(-c3ccccc3)cc(-c3ccc(N(c4ccc(-c5cc(-c6ccccc6)cc(-c6ccccc6)c5)cc4)c4ccc(-c5ccc6c(c5)-c5ccccc5C(c5ccccc5)CC6)cc4)cc3)c2)=CCC1. The molecule has 0 bridgehead atoms. The number of allylic oxidation sites excluding steroid dienone is 4. The molecule has 11 aromatic carbocycles. The highest BCUT2D eigenvalue weighted by atomic mass is 15.1. The van der Waals surface area contributed by atoms with Crippen molar-refractivity contribution in [3.05, 3.63) is 313 Å². The zero-order chi connectivity index (χ0) is 50.6. The summed E-state index contributed by atoms with van der Waals surface area (Å²) in [5, 5.41) is 0. The number of hydrogen-bond donors (Lipinski definition) is 0. The lowest BCUT2D eigenvalue weighted by molar-refractivity contribution is 0.726. The van der Waals surface area contributed by atoms with E-state index in [9.17, 15) is 0 Å². The van der Waals surface area contributed by atoms with Gasteiger partial charge in [-0.15, -0.1) is 0 Å². The Balaban J connectivity index is 0.880. The lowest BCUT2D eigenvalue weighted by Gasteiger charge is -2.26. The van der Waals surface area contributed by atoms with E-state index in [0.29, 0.717) is 5.92 Å². The minimum atomic E-state index is 0.362. The van der Waals surface area contributed by atoms with Crippen LogP contribution in [0.25, 0.3) is 83.5 Å². The number of benzene rings is 11. The first-order valence-electron chi connectivity index (χ1n) is 26.9. The van der Waals surface area contributed by atoms with Gasteiger partial charge in [0, 0.05) is 23.0 Å². The van der Waals surface area contributed by atoms with E-state index >= 15 is 0 Å². The predicted octanol–water partition coefficient (Wildman–Crippen LogP) is 20.6. The van der Waals surface area contributed by atoms with Crippen LogP contribution in [0.15, 0.2) is 291 Å². The van der Waals surface area contributed by atoms with Crippen molar-refractivity contribution in [2.75, 3.05) is 4.90 Å². The van der Waals surface area contributed by atoms with Gasteiger partial charge in [-0.3, -0.25) is 0 Å². The number of hydrogen-bond acceptors (Lipinski definition) is 1. The smallest absolute Gasteiger partial charge is 0.0462 e. The van der Waals surface area contributed by atoms with E-state index in [-0.39, 0.29) is 0 Å². The van der Waals surface area contributed by atoms with E-state index in [1.165, 1.54) is 106 Å². The summed E-state index contributed by atoms with van der Waals surface area (Å²) >= 11 is 0. The Kier molecular flexibility index (Phi) is 12.8. The molecule has 1 heteroatoms. The van der Waals surface area contributed by atoms with Gasteiger partial charge >= 0.3 is 0 Å². The average molecular weight is 972 g/mol. The summed E-state index contributed by atoms with van der Waals surface area (Å²) in [6.45, 7) is 0. The van der Waals surface area contributed by atoms with Gasteiger partial charge in [-0.2, -0.15) is 0 Å². The minimum Gasteiger partial charge on any atom is -0.311 e. The first kappa shape index (κ1) is 46.5. The number of fused-ring (bicyclic) bond motifs is 3. The molecule has 1 nitrogen and oxygen atoms in total. The minimum absolute atomic E-state index is 0.362. The summed E-state index contributed by atoms with van der Waals surface area (Å²) in [5.74, 6) is 0.362. The van der Waals surface area contributed by atoms with Gasteiger partial charge in [0.15, 0.2) is 0 Å². The average Bonchev–Trinajstić information content (AvgIpc) is 3.68. The van der Waals surface area contributed by atoms with E-state index in [1.807, 2.05) is 0 Å². The van der Waals surface area contributed by atoms with Gasteiger partial charge in [-0.05, 0) is 210 Å². The second-order valence-electron chi connectivity index (χ2n) is 20.3. The highest BCUT2D eigenvalue weighted by molar-refractivity contribution is 5.87. The van der Waals surface area contributed by atoms with Crippen LogP contribution in [0.2, 0.25) is 0 Å². The first-order chi connectivity index (χ1) is 37.6. The van der Waals surface area contributed by atoms with Crippen molar-refractivity contribution in [3.8, 4) is 77.9 Å². The molecule has 2 aliphatic rings. The molecule has 0 fully saturated rings. The molecule has 0 saturated heterocycles. The van der Waals surface area contributed by atoms with Crippen LogP contribution in [0.3, 0.4) is 0 Å². The quantitative estimate of drug-likeness (QED) is 0.125. The zero-order valence-electron chi connectivity index (χ0n) is 42.6.